The van der Waals surface area contributed by atoms with Gasteiger partial charge in [0.1, 0.15) is 5.75 Å². The molecule has 0 bridgehead atoms. The number of hydrogen-bond donors (Lipinski definition) is 0. The van der Waals surface area contributed by atoms with Crippen LogP contribution in [-0.2, 0) is 5.41 Å². The number of para-hydroxylation sites is 1. The van der Waals surface area contributed by atoms with E-state index in [-0.39, 0.29) is 11.5 Å². The van der Waals surface area contributed by atoms with Gasteiger partial charge in [0.2, 0.25) is 0 Å². The summed E-state index contributed by atoms with van der Waals surface area (Å²) in [5.41, 5.74) is 1.45. The van der Waals surface area contributed by atoms with E-state index in [1.54, 1.807) is 0 Å². The van der Waals surface area contributed by atoms with Crippen molar-refractivity contribution in [3.63, 3.8) is 0 Å². The van der Waals surface area contributed by atoms with Crippen molar-refractivity contribution in [1.29, 1.82) is 0 Å². The summed E-state index contributed by atoms with van der Waals surface area (Å²) >= 11 is 2.04. The third-order valence-corrected chi connectivity index (χ3v) is 5.37. The minimum Gasteiger partial charge on any atom is -0.490 e. The second-order valence-corrected chi connectivity index (χ2v) is 8.77. The maximum atomic E-state index is 6.22. The number of hydrogen-bond acceptors (Lipinski definition) is 2. The maximum absolute atomic E-state index is 6.22. The van der Waals surface area contributed by atoms with Crippen LogP contribution in [0.5, 0.6) is 5.75 Å². The fourth-order valence-corrected chi connectivity index (χ4v) is 4.27. The molecule has 1 nitrogen and oxygen atoms in total. The third kappa shape index (κ3) is 4.67. The zero-order chi connectivity index (χ0) is 15.5. The summed E-state index contributed by atoms with van der Waals surface area (Å²) in [4.78, 5) is 1.34. The van der Waals surface area contributed by atoms with Gasteiger partial charge in [0.05, 0.1) is 6.10 Å². The Hall–Kier alpha value is -0.630. The highest BCUT2D eigenvalue weighted by molar-refractivity contribution is 8.00. The van der Waals surface area contributed by atoms with Crippen molar-refractivity contribution in [3.05, 3.63) is 23.8 Å². The lowest BCUT2D eigenvalue weighted by Crippen LogP contribution is -2.17. The average Bonchev–Trinajstić information content (AvgIpc) is 2.40. The molecule has 0 radical (unpaired) electrons. The first kappa shape index (κ1) is 16.7. The van der Waals surface area contributed by atoms with Gasteiger partial charge < -0.3 is 4.74 Å². The molecule has 1 aliphatic rings. The van der Waals surface area contributed by atoms with Crippen molar-refractivity contribution >= 4 is 11.8 Å². The van der Waals surface area contributed by atoms with Crippen molar-refractivity contribution in [2.75, 3.05) is 0 Å². The predicted molar refractivity (Wildman–Crippen MR) is 93.6 cm³/mol. The molecule has 0 atom stereocenters. The fourth-order valence-electron chi connectivity index (χ4n) is 2.92. The van der Waals surface area contributed by atoms with Gasteiger partial charge in [-0.3, -0.25) is 0 Å². The van der Waals surface area contributed by atoms with Gasteiger partial charge in [0.15, 0.2) is 0 Å². The molecular weight excluding hydrogens is 276 g/mol. The summed E-state index contributed by atoms with van der Waals surface area (Å²) in [7, 11) is 0. The van der Waals surface area contributed by atoms with E-state index < -0.39 is 0 Å². The van der Waals surface area contributed by atoms with Crippen LogP contribution < -0.4 is 4.74 Å². The van der Waals surface area contributed by atoms with Gasteiger partial charge in [0, 0.05) is 15.7 Å². The molecule has 0 N–H and O–H groups in total. The van der Waals surface area contributed by atoms with Gasteiger partial charge in [0.25, 0.3) is 0 Å². The molecule has 0 spiro atoms. The number of benzene rings is 1. The largest absolute Gasteiger partial charge is 0.490 e. The highest BCUT2D eigenvalue weighted by atomic mass is 32.2. The monoisotopic (exact) mass is 306 g/mol. The zero-order valence-electron chi connectivity index (χ0n) is 14.2. The van der Waals surface area contributed by atoms with Gasteiger partial charge >= 0.3 is 0 Å². The Morgan fingerprint density at radius 2 is 1.76 bits per heavy atom. The van der Waals surface area contributed by atoms with Crippen molar-refractivity contribution in [2.24, 2.45) is 0 Å². The fraction of sp³-hybridized carbons (Fsp3) is 0.684. The van der Waals surface area contributed by atoms with E-state index in [1.165, 1.54) is 42.6 Å². The molecule has 0 aromatic heterocycles. The summed E-state index contributed by atoms with van der Waals surface area (Å²) in [5, 5.41) is 0.767. The molecule has 0 saturated heterocycles. The normalized spacial score (nSPS) is 17.2. The first-order valence-electron chi connectivity index (χ1n) is 8.34. The molecule has 0 aliphatic heterocycles. The topological polar surface area (TPSA) is 9.23 Å². The van der Waals surface area contributed by atoms with E-state index in [9.17, 15) is 0 Å². The molecule has 2 rings (SSSR count). The molecule has 118 valence electrons. The zero-order valence-corrected chi connectivity index (χ0v) is 15.1. The quantitative estimate of drug-likeness (QED) is 0.655. The Morgan fingerprint density at radius 1 is 1.10 bits per heavy atom. The molecule has 1 fully saturated rings. The summed E-state index contributed by atoms with van der Waals surface area (Å²) < 4.78 is 6.22. The van der Waals surface area contributed by atoms with Crippen LogP contribution in [0, 0.1) is 0 Å². The van der Waals surface area contributed by atoms with Gasteiger partial charge in [-0.05, 0) is 38.2 Å². The van der Waals surface area contributed by atoms with Crippen LogP contribution in [0.25, 0.3) is 0 Å². The van der Waals surface area contributed by atoms with Crippen LogP contribution >= 0.6 is 11.8 Å². The second-order valence-electron chi connectivity index (χ2n) is 7.43. The molecular formula is C19H30OS. The Bertz CT molecular complexity index is 453. The van der Waals surface area contributed by atoms with Crippen molar-refractivity contribution in [2.45, 2.75) is 88.4 Å². The van der Waals surface area contributed by atoms with E-state index >= 15 is 0 Å². The van der Waals surface area contributed by atoms with Gasteiger partial charge in [-0.1, -0.05) is 52.2 Å². The summed E-state index contributed by atoms with van der Waals surface area (Å²) in [5.74, 6) is 1.12. The molecule has 21 heavy (non-hydrogen) atoms. The molecule has 0 heterocycles. The lowest BCUT2D eigenvalue weighted by Gasteiger charge is -2.28. The Kier molecular flexibility index (Phi) is 5.65. The van der Waals surface area contributed by atoms with Gasteiger partial charge in [-0.25, -0.2) is 0 Å². The highest BCUT2D eigenvalue weighted by Gasteiger charge is 2.24. The van der Waals surface area contributed by atoms with Crippen LogP contribution in [0.2, 0.25) is 0 Å². The van der Waals surface area contributed by atoms with Gasteiger partial charge in [-0.15, -0.1) is 11.8 Å². The summed E-state index contributed by atoms with van der Waals surface area (Å²) in [6.45, 7) is 11.0. The Morgan fingerprint density at radius 3 is 2.33 bits per heavy atom. The van der Waals surface area contributed by atoms with Crippen LogP contribution in [0.4, 0.5) is 0 Å². The lowest BCUT2D eigenvalue weighted by molar-refractivity contribution is 0.230. The Balaban J connectivity index is 2.30. The Labute approximate surface area is 134 Å². The molecule has 0 unspecified atom stereocenters. The standard InChI is InChI=1S/C19H30OS/c1-14(2)20-18-16(19(3,4)5)12-9-13-17(18)21-15-10-7-6-8-11-15/h9,12-15H,6-8,10-11H2,1-5H3. The SMILES string of the molecule is CC(C)Oc1c(SC2CCCCC2)cccc1C(C)(C)C. The maximum Gasteiger partial charge on any atom is 0.136 e. The summed E-state index contributed by atoms with van der Waals surface area (Å²) in [6.07, 6.45) is 7.11. The number of rotatable bonds is 4. The molecule has 0 amide bonds. The average molecular weight is 307 g/mol. The molecule has 1 saturated carbocycles. The van der Waals surface area contributed by atoms with Crippen molar-refractivity contribution < 1.29 is 4.74 Å². The molecule has 2 heteroatoms. The van der Waals surface area contributed by atoms with E-state index in [0.29, 0.717) is 0 Å². The minimum atomic E-state index is 0.118. The smallest absolute Gasteiger partial charge is 0.136 e. The van der Waals surface area contributed by atoms with E-state index in [1.807, 2.05) is 11.8 Å². The van der Waals surface area contributed by atoms with E-state index in [4.69, 9.17) is 4.74 Å². The number of thioether (sulfide) groups is 1. The minimum absolute atomic E-state index is 0.118. The first-order chi connectivity index (χ1) is 9.88. The van der Waals surface area contributed by atoms with Crippen LogP contribution in [0.1, 0.15) is 72.3 Å². The lowest BCUT2D eigenvalue weighted by atomic mass is 9.86. The first-order valence-corrected chi connectivity index (χ1v) is 9.22. The molecule has 1 aromatic carbocycles. The van der Waals surface area contributed by atoms with Crippen molar-refractivity contribution in [3.8, 4) is 5.75 Å². The van der Waals surface area contributed by atoms with Crippen LogP contribution in [0.3, 0.4) is 0 Å². The summed E-state index contributed by atoms with van der Waals surface area (Å²) in [6, 6.07) is 6.66. The highest BCUT2D eigenvalue weighted by Crippen LogP contribution is 2.43. The molecule has 1 aromatic rings. The predicted octanol–water partition coefficient (Wildman–Crippen LogP) is 6.20. The third-order valence-electron chi connectivity index (χ3n) is 3.99. The van der Waals surface area contributed by atoms with Crippen molar-refractivity contribution in [1.82, 2.24) is 0 Å². The van der Waals surface area contributed by atoms with E-state index in [0.717, 1.165) is 11.0 Å². The van der Waals surface area contributed by atoms with Gasteiger partial charge in [-0.2, -0.15) is 0 Å². The number of ether oxygens (including phenoxy) is 1. The van der Waals surface area contributed by atoms with E-state index in [2.05, 4.69) is 52.8 Å². The molecule has 1 aliphatic carbocycles. The second kappa shape index (κ2) is 7.09. The van der Waals surface area contributed by atoms with Crippen LogP contribution in [-0.4, -0.2) is 11.4 Å². The van der Waals surface area contributed by atoms with Crippen LogP contribution in [0.15, 0.2) is 23.1 Å².